The molecule has 114 valence electrons. The lowest BCUT2D eigenvalue weighted by Gasteiger charge is -2.39. The van der Waals surface area contributed by atoms with Crippen LogP contribution >= 0.6 is 0 Å². The predicted molar refractivity (Wildman–Crippen MR) is 79.0 cm³/mol. The fourth-order valence-corrected chi connectivity index (χ4v) is 3.40. The highest BCUT2D eigenvalue weighted by atomic mass is 16.5. The molecule has 0 saturated heterocycles. The fraction of sp³-hybridized carbons (Fsp3) is 0.529. The molecule has 1 aromatic rings. The topological polar surface area (TPSA) is 63.6 Å². The number of carbonyl (C=O) groups excluding carboxylic acids is 1. The molecule has 4 heteroatoms. The lowest BCUT2D eigenvalue weighted by Crippen LogP contribution is -2.34. The van der Waals surface area contributed by atoms with Crippen LogP contribution in [0.15, 0.2) is 30.3 Å². The molecule has 4 nitrogen and oxygen atoms in total. The van der Waals surface area contributed by atoms with Crippen molar-refractivity contribution in [2.45, 2.75) is 43.9 Å². The minimum atomic E-state index is -0.759. The van der Waals surface area contributed by atoms with Crippen molar-refractivity contribution in [3.63, 3.8) is 0 Å². The summed E-state index contributed by atoms with van der Waals surface area (Å²) < 4.78 is 4.72. The number of hydrogen-bond acceptors (Lipinski definition) is 3. The first-order valence-corrected chi connectivity index (χ1v) is 7.40. The van der Waals surface area contributed by atoms with Gasteiger partial charge in [0.25, 0.3) is 0 Å². The second-order valence-electron chi connectivity index (χ2n) is 5.94. The third kappa shape index (κ3) is 3.84. The molecule has 1 aromatic carbocycles. The summed E-state index contributed by atoms with van der Waals surface area (Å²) in [7, 11) is 1.41. The summed E-state index contributed by atoms with van der Waals surface area (Å²) in [5.74, 6) is -0.626. The van der Waals surface area contributed by atoms with E-state index >= 15 is 0 Å². The normalized spacial score (nSPS) is 25.3. The second-order valence-corrected chi connectivity index (χ2v) is 5.94. The largest absolute Gasteiger partial charge is 0.481 e. The molecule has 1 N–H and O–H groups in total. The van der Waals surface area contributed by atoms with E-state index in [1.165, 1.54) is 7.11 Å². The number of carbonyl (C=O) groups is 2. The molecule has 0 atom stereocenters. The second kappa shape index (κ2) is 6.74. The van der Waals surface area contributed by atoms with Gasteiger partial charge in [0.2, 0.25) is 0 Å². The van der Waals surface area contributed by atoms with Crippen LogP contribution in [0, 0.1) is 5.92 Å². The Morgan fingerprint density at radius 3 is 2.38 bits per heavy atom. The van der Waals surface area contributed by atoms with Gasteiger partial charge in [-0.05, 0) is 37.2 Å². The van der Waals surface area contributed by atoms with Crippen molar-refractivity contribution >= 4 is 11.9 Å². The summed E-state index contributed by atoms with van der Waals surface area (Å²) in [6.45, 7) is 0. The first-order chi connectivity index (χ1) is 10.1. The number of hydrogen-bond donors (Lipinski definition) is 1. The Kier molecular flexibility index (Phi) is 4.99. The van der Waals surface area contributed by atoms with E-state index in [2.05, 4.69) is 0 Å². The minimum Gasteiger partial charge on any atom is -0.481 e. The highest BCUT2D eigenvalue weighted by molar-refractivity contribution is 5.70. The molecule has 1 saturated carbocycles. The lowest BCUT2D eigenvalue weighted by atomic mass is 9.64. The molecule has 21 heavy (non-hydrogen) atoms. The maximum absolute atomic E-state index is 11.4. The zero-order valence-electron chi connectivity index (χ0n) is 12.4. The van der Waals surface area contributed by atoms with E-state index in [1.807, 2.05) is 30.3 Å². The first kappa shape index (κ1) is 15.5. The molecule has 0 bridgehead atoms. The average molecular weight is 290 g/mol. The van der Waals surface area contributed by atoms with Gasteiger partial charge in [0.15, 0.2) is 0 Å². The number of esters is 1. The highest BCUT2D eigenvalue weighted by Gasteiger charge is 2.39. The number of carboxylic acids is 1. The number of benzene rings is 1. The van der Waals surface area contributed by atoms with Crippen molar-refractivity contribution in [3.05, 3.63) is 35.9 Å². The third-order valence-electron chi connectivity index (χ3n) is 4.62. The third-order valence-corrected chi connectivity index (χ3v) is 4.62. The Morgan fingerprint density at radius 1 is 1.24 bits per heavy atom. The van der Waals surface area contributed by atoms with Crippen LogP contribution < -0.4 is 0 Å². The summed E-state index contributed by atoms with van der Waals surface area (Å²) in [6, 6.07) is 9.90. The molecule has 0 aromatic heterocycles. The van der Waals surface area contributed by atoms with Crippen LogP contribution in [0.1, 0.15) is 44.1 Å². The smallest absolute Gasteiger partial charge is 0.305 e. The molecule has 2 rings (SSSR count). The molecule has 0 heterocycles. The van der Waals surface area contributed by atoms with Crippen LogP contribution in [0.4, 0.5) is 0 Å². The Bertz CT molecular complexity index is 487. The van der Waals surface area contributed by atoms with Gasteiger partial charge in [0, 0.05) is 11.8 Å². The molecular formula is C17H22O4. The maximum atomic E-state index is 11.4. The van der Waals surface area contributed by atoms with Crippen LogP contribution in [-0.4, -0.2) is 24.2 Å². The van der Waals surface area contributed by atoms with Gasteiger partial charge >= 0.3 is 11.9 Å². The summed E-state index contributed by atoms with van der Waals surface area (Å²) in [5, 5.41) is 9.27. The molecule has 0 amide bonds. The Labute approximate surface area is 125 Å². The summed E-state index contributed by atoms with van der Waals surface area (Å²) >= 11 is 0. The average Bonchev–Trinajstić information content (AvgIpc) is 2.49. The quantitative estimate of drug-likeness (QED) is 0.846. The van der Waals surface area contributed by atoms with E-state index in [1.54, 1.807) is 0 Å². The molecule has 0 spiro atoms. The van der Waals surface area contributed by atoms with E-state index in [4.69, 9.17) is 4.74 Å². The molecule has 0 aliphatic heterocycles. The van der Waals surface area contributed by atoms with Crippen LogP contribution in [0.5, 0.6) is 0 Å². The summed E-state index contributed by atoms with van der Waals surface area (Å²) in [4.78, 5) is 22.7. The molecular weight excluding hydrogens is 268 g/mol. The van der Waals surface area contributed by atoms with Gasteiger partial charge in [-0.15, -0.1) is 0 Å². The molecule has 0 unspecified atom stereocenters. The number of methoxy groups -OCH3 is 1. The van der Waals surface area contributed by atoms with E-state index in [-0.39, 0.29) is 17.8 Å². The first-order valence-electron chi connectivity index (χ1n) is 7.40. The van der Waals surface area contributed by atoms with Crippen LogP contribution in [0.3, 0.4) is 0 Å². The molecule has 1 aliphatic rings. The molecule has 0 radical (unpaired) electrons. The molecule has 1 aliphatic carbocycles. The van der Waals surface area contributed by atoms with Crippen molar-refractivity contribution in [2.24, 2.45) is 5.92 Å². The van der Waals surface area contributed by atoms with Crippen molar-refractivity contribution in [3.8, 4) is 0 Å². The van der Waals surface area contributed by atoms with Crippen LogP contribution in [0.25, 0.3) is 0 Å². The van der Waals surface area contributed by atoms with Crippen molar-refractivity contribution in [2.75, 3.05) is 7.11 Å². The standard InChI is InChI=1S/C17H22O4/c1-21-16(20)11-13-7-9-17(10-8-13,12-15(18)19)14-5-3-2-4-6-14/h2-6,13H,7-12H2,1H3,(H,18,19). The predicted octanol–water partition coefficient (Wildman–Crippen LogP) is 3.15. The van der Waals surface area contributed by atoms with Crippen molar-refractivity contribution in [1.82, 2.24) is 0 Å². The summed E-state index contributed by atoms with van der Waals surface area (Å²) in [6.07, 6.45) is 3.96. The molecule has 1 fully saturated rings. The SMILES string of the molecule is COC(=O)CC1CCC(CC(=O)O)(c2ccccc2)CC1. The van der Waals surface area contributed by atoms with E-state index < -0.39 is 5.97 Å². The van der Waals surface area contributed by atoms with Crippen LogP contribution in [0.2, 0.25) is 0 Å². The minimum absolute atomic E-state index is 0.155. The van der Waals surface area contributed by atoms with Gasteiger partial charge in [0.1, 0.15) is 0 Å². The van der Waals surface area contributed by atoms with E-state index in [0.717, 1.165) is 31.2 Å². The monoisotopic (exact) mass is 290 g/mol. The van der Waals surface area contributed by atoms with Crippen molar-refractivity contribution < 1.29 is 19.4 Å². The Hall–Kier alpha value is -1.84. The van der Waals surface area contributed by atoms with Crippen molar-refractivity contribution in [1.29, 1.82) is 0 Å². The van der Waals surface area contributed by atoms with Gasteiger partial charge in [-0.1, -0.05) is 30.3 Å². The van der Waals surface area contributed by atoms with E-state index in [0.29, 0.717) is 12.3 Å². The van der Waals surface area contributed by atoms with Crippen LogP contribution in [-0.2, 0) is 19.7 Å². The lowest BCUT2D eigenvalue weighted by molar-refractivity contribution is -0.143. The van der Waals surface area contributed by atoms with Gasteiger partial charge in [0.05, 0.1) is 13.5 Å². The van der Waals surface area contributed by atoms with Gasteiger partial charge < -0.3 is 9.84 Å². The maximum Gasteiger partial charge on any atom is 0.305 e. The number of aliphatic carboxylic acids is 1. The number of carboxylic acid groups (broad SMARTS) is 1. The zero-order chi connectivity index (χ0) is 15.3. The van der Waals surface area contributed by atoms with Gasteiger partial charge in [-0.25, -0.2) is 0 Å². The Balaban J connectivity index is 2.11. The number of rotatable bonds is 5. The Morgan fingerprint density at radius 2 is 1.86 bits per heavy atom. The zero-order valence-corrected chi connectivity index (χ0v) is 12.4. The fourth-order valence-electron chi connectivity index (χ4n) is 3.40. The van der Waals surface area contributed by atoms with Gasteiger partial charge in [-0.3, -0.25) is 9.59 Å². The summed E-state index contributed by atoms with van der Waals surface area (Å²) in [5.41, 5.74) is 0.809. The van der Waals surface area contributed by atoms with Gasteiger partial charge in [-0.2, -0.15) is 0 Å². The highest BCUT2D eigenvalue weighted by Crippen LogP contribution is 2.44. The number of ether oxygens (including phenoxy) is 1. The van der Waals surface area contributed by atoms with E-state index in [9.17, 15) is 14.7 Å².